The van der Waals surface area contributed by atoms with E-state index >= 15 is 0 Å². The highest BCUT2D eigenvalue weighted by atomic mass is 32.2. The smallest absolute Gasteiger partial charge is 0.263 e. The number of nitrogens with one attached hydrogen (secondary N) is 1. The van der Waals surface area contributed by atoms with Gasteiger partial charge in [-0.05, 0) is 50.5 Å². The molecule has 2 aromatic carbocycles. The third-order valence-corrected chi connectivity index (χ3v) is 9.18. The summed E-state index contributed by atoms with van der Waals surface area (Å²) in [6.45, 7) is 6.90. The van der Waals surface area contributed by atoms with E-state index in [2.05, 4.69) is 41.5 Å². The van der Waals surface area contributed by atoms with Crippen molar-refractivity contribution < 1.29 is 9.53 Å². The number of benzene rings is 2. The molecule has 4 heterocycles. The fraction of sp³-hybridized carbons (Fsp3) is 0.310. The maximum atomic E-state index is 14.0. The van der Waals surface area contributed by atoms with E-state index in [0.717, 1.165) is 26.5 Å². The molecule has 39 heavy (non-hydrogen) atoms. The predicted octanol–water partition coefficient (Wildman–Crippen LogP) is 5.32. The molecule has 1 N–H and O–H groups in total. The normalized spacial score (nSPS) is 15.4. The predicted molar refractivity (Wildman–Crippen MR) is 156 cm³/mol. The number of para-hydroxylation sites is 1. The number of nitrogens with zero attached hydrogens (tertiary/aromatic N) is 4. The number of amides is 1. The van der Waals surface area contributed by atoms with Crippen molar-refractivity contribution in [3.05, 3.63) is 87.0 Å². The minimum Gasteiger partial charge on any atom is -0.370 e. The number of aromatic nitrogens is 4. The van der Waals surface area contributed by atoms with E-state index in [1.807, 2.05) is 59.9 Å². The van der Waals surface area contributed by atoms with Gasteiger partial charge in [0.1, 0.15) is 4.83 Å². The fourth-order valence-electron chi connectivity index (χ4n) is 4.90. The van der Waals surface area contributed by atoms with Crippen LogP contribution in [-0.2, 0) is 35.5 Å². The van der Waals surface area contributed by atoms with Crippen molar-refractivity contribution in [3.63, 3.8) is 0 Å². The number of anilines is 1. The lowest BCUT2D eigenvalue weighted by atomic mass is 9.94. The zero-order valence-electron chi connectivity index (χ0n) is 22.0. The molecule has 0 radical (unpaired) electrons. The van der Waals surface area contributed by atoms with Crippen LogP contribution in [-0.4, -0.2) is 35.9 Å². The fourth-order valence-corrected chi connectivity index (χ4v) is 7.03. The lowest BCUT2D eigenvalue weighted by Crippen LogP contribution is -2.32. The Morgan fingerprint density at radius 2 is 1.85 bits per heavy atom. The van der Waals surface area contributed by atoms with E-state index < -0.39 is 5.25 Å². The Morgan fingerprint density at radius 3 is 2.59 bits per heavy atom. The molecule has 1 atom stereocenters. The van der Waals surface area contributed by atoms with Crippen LogP contribution in [0.2, 0.25) is 0 Å². The third-order valence-electron chi connectivity index (χ3n) is 6.95. The first-order valence-electron chi connectivity index (χ1n) is 12.9. The monoisotopic (exact) mass is 559 g/mol. The minimum atomic E-state index is -0.436. The van der Waals surface area contributed by atoms with Gasteiger partial charge in [-0.2, -0.15) is 0 Å². The van der Waals surface area contributed by atoms with Crippen molar-refractivity contribution in [1.29, 1.82) is 0 Å². The van der Waals surface area contributed by atoms with E-state index in [1.54, 1.807) is 15.9 Å². The first-order chi connectivity index (χ1) is 18.8. The molecule has 0 spiro atoms. The lowest BCUT2D eigenvalue weighted by Gasteiger charge is -2.29. The van der Waals surface area contributed by atoms with Crippen molar-refractivity contribution in [2.75, 3.05) is 5.32 Å². The van der Waals surface area contributed by atoms with E-state index in [0.29, 0.717) is 42.3 Å². The van der Waals surface area contributed by atoms with Gasteiger partial charge < -0.3 is 10.1 Å². The first kappa shape index (κ1) is 25.8. The van der Waals surface area contributed by atoms with Crippen LogP contribution < -0.4 is 10.9 Å². The summed E-state index contributed by atoms with van der Waals surface area (Å²) in [7, 11) is 0. The molecular formula is C29H29N5O3S2. The molecule has 1 aliphatic heterocycles. The summed E-state index contributed by atoms with van der Waals surface area (Å²) in [5.41, 5.74) is 2.52. The summed E-state index contributed by atoms with van der Waals surface area (Å²) < 4.78 is 9.76. The molecule has 5 aromatic rings. The Balaban J connectivity index is 1.43. The molecule has 1 aliphatic rings. The number of hydrogen-bond donors (Lipinski definition) is 1. The zero-order valence-corrected chi connectivity index (χ0v) is 23.6. The van der Waals surface area contributed by atoms with Gasteiger partial charge in [0, 0.05) is 23.5 Å². The van der Waals surface area contributed by atoms with Crippen LogP contribution in [0.25, 0.3) is 16.0 Å². The number of thiophene rings is 1. The van der Waals surface area contributed by atoms with Gasteiger partial charge in [-0.3, -0.25) is 14.2 Å². The van der Waals surface area contributed by atoms with E-state index in [1.165, 1.54) is 11.8 Å². The molecule has 0 fully saturated rings. The molecule has 6 rings (SSSR count). The van der Waals surface area contributed by atoms with Crippen molar-refractivity contribution in [2.45, 2.75) is 62.8 Å². The summed E-state index contributed by atoms with van der Waals surface area (Å²) in [6.07, 6.45) is 1.34. The average Bonchev–Trinajstić information content (AvgIpc) is 3.50. The Kier molecular flexibility index (Phi) is 6.78. The van der Waals surface area contributed by atoms with Gasteiger partial charge in [0.2, 0.25) is 11.7 Å². The first-order valence-corrected chi connectivity index (χ1v) is 14.6. The van der Waals surface area contributed by atoms with Crippen molar-refractivity contribution in [2.24, 2.45) is 0 Å². The van der Waals surface area contributed by atoms with Gasteiger partial charge in [0.05, 0.1) is 22.8 Å². The summed E-state index contributed by atoms with van der Waals surface area (Å²) in [5, 5.41) is 12.8. The van der Waals surface area contributed by atoms with Gasteiger partial charge in [-0.15, -0.1) is 21.5 Å². The Hall–Kier alpha value is -3.47. The molecule has 0 saturated carbocycles. The molecule has 8 nitrogen and oxygen atoms in total. The molecule has 3 aromatic heterocycles. The maximum absolute atomic E-state index is 14.0. The van der Waals surface area contributed by atoms with Gasteiger partial charge in [0.25, 0.3) is 5.56 Å². The second-order valence-electron chi connectivity index (χ2n) is 10.3. The highest BCUT2D eigenvalue weighted by Crippen LogP contribution is 2.39. The standard InChI is InChI=1S/C29H29N5O3S2/c1-18(24(35)30-20-12-8-5-9-13-20)38-28-32-31-27-33(15-14-19-10-6-4-7-11-19)25(36)23-21-16-29(2,3)37-17-22(21)39-26(23)34(27)28/h4-13,18H,14-17H2,1-3H3,(H,30,35)/t18-/m0/s1. The third kappa shape index (κ3) is 4.99. The largest absolute Gasteiger partial charge is 0.370 e. The summed E-state index contributed by atoms with van der Waals surface area (Å²) in [4.78, 5) is 28.9. The zero-order chi connectivity index (χ0) is 27.1. The molecule has 0 saturated heterocycles. The highest BCUT2D eigenvalue weighted by Gasteiger charge is 2.32. The van der Waals surface area contributed by atoms with E-state index in [9.17, 15) is 9.59 Å². The molecule has 1 amide bonds. The van der Waals surface area contributed by atoms with Crippen LogP contribution in [0.4, 0.5) is 5.69 Å². The SMILES string of the molecule is C[C@H](Sc1nnc2n(CCc3ccccc3)c(=O)c3c4c(sc3n12)COC(C)(C)C4)C(=O)Nc1ccccc1. The molecule has 200 valence electrons. The minimum absolute atomic E-state index is 0.0533. The van der Waals surface area contributed by atoms with Crippen molar-refractivity contribution >= 4 is 50.7 Å². The van der Waals surface area contributed by atoms with Crippen LogP contribution in [0.15, 0.2) is 70.6 Å². The number of carbonyl (C=O) groups is 1. The Morgan fingerprint density at radius 1 is 1.13 bits per heavy atom. The van der Waals surface area contributed by atoms with Crippen molar-refractivity contribution in [1.82, 2.24) is 19.2 Å². The number of carbonyl (C=O) groups excluding carboxylic acids is 1. The van der Waals surface area contributed by atoms with E-state index in [4.69, 9.17) is 4.74 Å². The van der Waals surface area contributed by atoms with Crippen LogP contribution in [0.5, 0.6) is 0 Å². The molecule has 0 aliphatic carbocycles. The van der Waals surface area contributed by atoms with Crippen LogP contribution in [0.1, 0.15) is 36.8 Å². The van der Waals surface area contributed by atoms with Gasteiger partial charge in [-0.1, -0.05) is 60.3 Å². The quantitative estimate of drug-likeness (QED) is 0.272. The average molecular weight is 560 g/mol. The number of aryl methyl sites for hydroxylation is 2. The molecule has 0 unspecified atom stereocenters. The Labute approximate surface area is 234 Å². The van der Waals surface area contributed by atoms with Crippen LogP contribution in [0, 0.1) is 0 Å². The lowest BCUT2D eigenvalue weighted by molar-refractivity contribution is -0.115. The van der Waals surface area contributed by atoms with Gasteiger partial charge in [0.15, 0.2) is 5.16 Å². The molecule has 10 heteroatoms. The molecular weight excluding hydrogens is 530 g/mol. The topological polar surface area (TPSA) is 90.5 Å². The summed E-state index contributed by atoms with van der Waals surface area (Å²) in [6, 6.07) is 19.5. The summed E-state index contributed by atoms with van der Waals surface area (Å²) >= 11 is 2.89. The van der Waals surface area contributed by atoms with Crippen molar-refractivity contribution in [3.8, 4) is 0 Å². The second kappa shape index (κ2) is 10.3. The summed E-state index contributed by atoms with van der Waals surface area (Å²) in [5.74, 6) is 0.359. The number of rotatable bonds is 7. The molecule has 0 bridgehead atoms. The van der Waals surface area contributed by atoms with Crippen LogP contribution in [0.3, 0.4) is 0 Å². The number of thioether (sulfide) groups is 1. The highest BCUT2D eigenvalue weighted by molar-refractivity contribution is 8.00. The maximum Gasteiger partial charge on any atom is 0.263 e. The van der Waals surface area contributed by atoms with Gasteiger partial charge >= 0.3 is 0 Å². The second-order valence-corrected chi connectivity index (χ2v) is 12.7. The Bertz CT molecular complexity index is 1720. The number of hydrogen-bond acceptors (Lipinski definition) is 7. The van der Waals surface area contributed by atoms with Gasteiger partial charge in [-0.25, -0.2) is 4.40 Å². The van der Waals surface area contributed by atoms with Crippen LogP contribution >= 0.6 is 23.1 Å². The van der Waals surface area contributed by atoms with E-state index in [-0.39, 0.29) is 17.1 Å². The number of ether oxygens (including phenoxy) is 1. The number of fused-ring (bicyclic) bond motifs is 5.